The number of benzene rings is 3. The molecule has 0 aliphatic heterocycles. The number of alkyl halides is 3. The van der Waals surface area contributed by atoms with Gasteiger partial charge in [-0.3, -0.25) is 14.4 Å². The van der Waals surface area contributed by atoms with Crippen LogP contribution in [0.15, 0.2) is 71.2 Å². The molecule has 1 aromatic heterocycles. The van der Waals surface area contributed by atoms with Gasteiger partial charge in [-0.05, 0) is 78.6 Å². The number of halogens is 4. The van der Waals surface area contributed by atoms with Crippen LogP contribution in [0, 0.1) is 0 Å². The summed E-state index contributed by atoms with van der Waals surface area (Å²) in [5, 5.41) is 14.3. The number of carbonyl (C=O) groups excluding carboxylic acids is 2. The third-order valence-electron chi connectivity index (χ3n) is 7.58. The summed E-state index contributed by atoms with van der Waals surface area (Å²) in [6.07, 6.45) is 2.14. The van der Waals surface area contributed by atoms with Crippen LogP contribution in [-0.2, 0) is 22.2 Å². The Kier molecular flexibility index (Phi) is 10.0. The molecule has 2 amide bonds. The number of aromatic nitrogens is 1. The minimum atomic E-state index is -4.56. The van der Waals surface area contributed by atoms with E-state index in [4.69, 9.17) is 5.11 Å². The first-order chi connectivity index (χ1) is 21.5. The Morgan fingerprint density at radius 2 is 1.76 bits per heavy atom. The lowest BCUT2D eigenvalue weighted by Gasteiger charge is -2.18. The minimum absolute atomic E-state index is 0.00526. The van der Waals surface area contributed by atoms with Gasteiger partial charge in [0.2, 0.25) is 5.91 Å². The first kappa shape index (κ1) is 32.4. The highest BCUT2D eigenvalue weighted by atomic mass is 79.9. The van der Waals surface area contributed by atoms with Gasteiger partial charge in [0.05, 0.1) is 28.1 Å². The summed E-state index contributed by atoms with van der Waals surface area (Å²) in [4.78, 5) is 41.1. The molecule has 3 aromatic carbocycles. The molecule has 1 aliphatic rings. The third kappa shape index (κ3) is 8.17. The van der Waals surface area contributed by atoms with E-state index >= 15 is 0 Å². The zero-order valence-corrected chi connectivity index (χ0v) is 26.3. The largest absolute Gasteiger partial charge is 0.481 e. The number of hydrogen-bond acceptors (Lipinski definition) is 5. The fourth-order valence-electron chi connectivity index (χ4n) is 5.22. The molecule has 0 bridgehead atoms. The SMILES string of the molecule is O=C(O)CCNC(=O)c1ccc(CC(C(=O)Nc2nc3cc(C(F)(F)F)c(Br)cc3s2)c2ccc(C3=CCCCC3)cc2)cc1. The van der Waals surface area contributed by atoms with Crippen molar-refractivity contribution in [2.24, 2.45) is 0 Å². The van der Waals surface area contributed by atoms with Gasteiger partial charge < -0.3 is 15.7 Å². The molecule has 1 heterocycles. The van der Waals surface area contributed by atoms with Crippen LogP contribution in [0.3, 0.4) is 0 Å². The van der Waals surface area contributed by atoms with Gasteiger partial charge in [-0.25, -0.2) is 4.98 Å². The second kappa shape index (κ2) is 13.9. The number of carbonyl (C=O) groups is 3. The summed E-state index contributed by atoms with van der Waals surface area (Å²) < 4.78 is 40.7. The predicted octanol–water partition coefficient (Wildman–Crippen LogP) is 8.20. The van der Waals surface area contributed by atoms with Crippen LogP contribution in [0.25, 0.3) is 15.8 Å². The van der Waals surface area contributed by atoms with Crippen molar-refractivity contribution in [3.63, 3.8) is 0 Å². The van der Waals surface area contributed by atoms with E-state index in [0.717, 1.165) is 53.4 Å². The van der Waals surface area contributed by atoms with Crippen LogP contribution < -0.4 is 10.6 Å². The van der Waals surface area contributed by atoms with Gasteiger partial charge in [0.1, 0.15) is 0 Å². The molecule has 3 N–H and O–H groups in total. The molecular weight excluding hydrogens is 671 g/mol. The summed E-state index contributed by atoms with van der Waals surface area (Å²) in [6, 6.07) is 16.9. The lowest BCUT2D eigenvalue weighted by molar-refractivity contribution is -0.138. The van der Waals surface area contributed by atoms with Crippen molar-refractivity contribution < 1.29 is 32.7 Å². The number of carboxylic acids is 1. The fraction of sp³-hybridized carbons (Fsp3) is 0.273. The zero-order chi connectivity index (χ0) is 32.1. The average molecular weight is 701 g/mol. The molecule has 0 saturated heterocycles. The molecule has 7 nitrogen and oxygen atoms in total. The smallest absolute Gasteiger partial charge is 0.417 e. The molecule has 5 rings (SSSR count). The van der Waals surface area contributed by atoms with E-state index in [-0.39, 0.29) is 40.4 Å². The minimum Gasteiger partial charge on any atom is -0.481 e. The number of thiazole rings is 1. The van der Waals surface area contributed by atoms with E-state index < -0.39 is 29.5 Å². The Labute approximate surface area is 269 Å². The number of anilines is 1. The molecule has 0 saturated carbocycles. The molecule has 0 fully saturated rings. The molecule has 1 aliphatic carbocycles. The lowest BCUT2D eigenvalue weighted by atomic mass is 9.88. The van der Waals surface area contributed by atoms with E-state index in [2.05, 4.69) is 37.6 Å². The second-order valence-corrected chi connectivity index (χ2v) is 12.6. The van der Waals surface area contributed by atoms with Crippen LogP contribution in [0.2, 0.25) is 0 Å². The number of amides is 2. The number of nitrogens with zero attached hydrogens (tertiary/aromatic N) is 1. The molecule has 1 atom stereocenters. The van der Waals surface area contributed by atoms with Crippen molar-refractivity contribution in [3.05, 3.63) is 99.0 Å². The molecule has 4 aromatic rings. The number of carboxylic acid groups (broad SMARTS) is 1. The van der Waals surface area contributed by atoms with Gasteiger partial charge in [0.15, 0.2) is 5.13 Å². The van der Waals surface area contributed by atoms with Crippen LogP contribution in [0.5, 0.6) is 0 Å². The normalized spacial score (nSPS) is 14.1. The Morgan fingerprint density at radius 3 is 2.40 bits per heavy atom. The summed E-state index contributed by atoms with van der Waals surface area (Å²) in [5.74, 6) is -2.45. The standard InChI is InChI=1S/C33H29BrF3N3O4S/c34-26-18-28-27(17-25(26)33(35,36)37)39-32(45-28)40-31(44)24(22-12-10-21(11-13-22)20-4-2-1-3-5-20)16-19-6-8-23(9-7-19)30(43)38-15-14-29(41)42/h4,6-13,17-18,24H,1-3,5,14-16H2,(H,38,43)(H,41,42)(H,39,40,44). The van der Waals surface area contributed by atoms with Gasteiger partial charge in [-0.15, -0.1) is 0 Å². The monoisotopic (exact) mass is 699 g/mol. The van der Waals surface area contributed by atoms with Gasteiger partial charge in [-0.2, -0.15) is 13.2 Å². The maximum atomic E-state index is 13.8. The van der Waals surface area contributed by atoms with Crippen molar-refractivity contribution in [2.75, 3.05) is 11.9 Å². The highest BCUT2D eigenvalue weighted by Gasteiger charge is 2.34. The van der Waals surface area contributed by atoms with Crippen molar-refractivity contribution in [1.29, 1.82) is 0 Å². The Hall–Kier alpha value is -4.03. The molecule has 1 unspecified atom stereocenters. The first-order valence-corrected chi connectivity index (χ1v) is 16.0. The summed E-state index contributed by atoms with van der Waals surface area (Å²) in [7, 11) is 0. The first-order valence-electron chi connectivity index (χ1n) is 14.3. The number of nitrogens with one attached hydrogen (secondary N) is 2. The summed E-state index contributed by atoms with van der Waals surface area (Å²) >= 11 is 4.07. The van der Waals surface area contributed by atoms with Gasteiger partial charge in [0, 0.05) is 16.6 Å². The van der Waals surface area contributed by atoms with Gasteiger partial charge in [-0.1, -0.05) is 69.7 Å². The van der Waals surface area contributed by atoms with E-state index in [0.29, 0.717) is 10.3 Å². The number of allylic oxidation sites excluding steroid dienone is 2. The van der Waals surface area contributed by atoms with Crippen molar-refractivity contribution >= 4 is 66.0 Å². The Balaban J connectivity index is 1.39. The topological polar surface area (TPSA) is 108 Å². The fourth-order valence-corrected chi connectivity index (χ4v) is 6.83. The molecule has 12 heteroatoms. The van der Waals surface area contributed by atoms with E-state index in [1.807, 2.05) is 24.3 Å². The lowest BCUT2D eigenvalue weighted by Crippen LogP contribution is -2.26. The zero-order valence-electron chi connectivity index (χ0n) is 23.9. The molecule has 234 valence electrons. The maximum absolute atomic E-state index is 13.8. The molecule has 0 spiro atoms. The number of hydrogen-bond donors (Lipinski definition) is 3. The van der Waals surface area contributed by atoms with Crippen LogP contribution in [-0.4, -0.2) is 34.4 Å². The number of fused-ring (bicyclic) bond motifs is 1. The van der Waals surface area contributed by atoms with Crippen molar-refractivity contribution in [2.45, 2.75) is 50.6 Å². The molecule has 0 radical (unpaired) electrons. The van der Waals surface area contributed by atoms with E-state index in [9.17, 15) is 27.6 Å². The van der Waals surface area contributed by atoms with Crippen LogP contribution in [0.1, 0.15) is 70.6 Å². The quantitative estimate of drug-likeness (QED) is 0.155. The Morgan fingerprint density at radius 1 is 1.02 bits per heavy atom. The van der Waals surface area contributed by atoms with Crippen molar-refractivity contribution in [1.82, 2.24) is 10.3 Å². The number of aliphatic carboxylic acids is 1. The average Bonchev–Trinajstić information content (AvgIpc) is 3.40. The predicted molar refractivity (Wildman–Crippen MR) is 171 cm³/mol. The number of rotatable bonds is 10. The Bertz CT molecular complexity index is 1750. The van der Waals surface area contributed by atoms with Gasteiger partial charge in [0.25, 0.3) is 5.91 Å². The third-order valence-corrected chi connectivity index (χ3v) is 9.17. The van der Waals surface area contributed by atoms with E-state index in [1.54, 1.807) is 24.3 Å². The summed E-state index contributed by atoms with van der Waals surface area (Å²) in [6.45, 7) is 0.00526. The van der Waals surface area contributed by atoms with Crippen molar-refractivity contribution in [3.8, 4) is 0 Å². The van der Waals surface area contributed by atoms with Crippen LogP contribution >= 0.6 is 27.3 Å². The molecule has 45 heavy (non-hydrogen) atoms. The van der Waals surface area contributed by atoms with Crippen LogP contribution in [0.4, 0.5) is 18.3 Å². The second-order valence-electron chi connectivity index (χ2n) is 10.8. The highest BCUT2D eigenvalue weighted by molar-refractivity contribution is 9.10. The summed E-state index contributed by atoms with van der Waals surface area (Å²) in [5.41, 5.74) is 3.56. The van der Waals surface area contributed by atoms with Gasteiger partial charge >= 0.3 is 12.1 Å². The maximum Gasteiger partial charge on any atom is 0.417 e. The van der Waals surface area contributed by atoms with E-state index in [1.165, 1.54) is 18.1 Å². The molecular formula is C33H29BrF3N3O4S. The highest BCUT2D eigenvalue weighted by Crippen LogP contribution is 2.39.